The minimum absolute atomic E-state index is 0.258. The van der Waals surface area contributed by atoms with Gasteiger partial charge >= 0.3 is 0 Å². The number of aromatic nitrogens is 1. The summed E-state index contributed by atoms with van der Waals surface area (Å²) in [6, 6.07) is 5.23. The van der Waals surface area contributed by atoms with E-state index < -0.39 is 0 Å². The van der Waals surface area contributed by atoms with Gasteiger partial charge in [0, 0.05) is 0 Å². The molecule has 0 unspecified atom stereocenters. The maximum atomic E-state index is 13.9. The van der Waals surface area contributed by atoms with Crippen LogP contribution in [-0.4, -0.2) is 4.98 Å². The zero-order chi connectivity index (χ0) is 11.7. The largest absolute Gasteiger partial charge is 0.443 e. The first-order valence-corrected chi connectivity index (χ1v) is 5.29. The lowest BCUT2D eigenvalue weighted by Gasteiger charge is -2.07. The van der Waals surface area contributed by atoms with Gasteiger partial charge in [-0.25, -0.2) is 9.37 Å². The van der Waals surface area contributed by atoms with Crippen molar-refractivity contribution >= 4 is 0 Å². The van der Waals surface area contributed by atoms with Gasteiger partial charge in [-0.1, -0.05) is 19.9 Å². The van der Waals surface area contributed by atoms with Crippen LogP contribution in [0.3, 0.4) is 0 Å². The van der Waals surface area contributed by atoms with Gasteiger partial charge in [0.05, 0.1) is 11.3 Å². The predicted octanol–water partition coefficient (Wildman–Crippen LogP) is 3.91. The molecule has 0 aliphatic heterocycles. The normalized spacial score (nSPS) is 11.1. The van der Waals surface area contributed by atoms with Crippen LogP contribution >= 0.6 is 0 Å². The summed E-state index contributed by atoms with van der Waals surface area (Å²) in [4.78, 5) is 3.96. The minimum Gasteiger partial charge on any atom is -0.443 e. The second-order valence-electron chi connectivity index (χ2n) is 4.16. The molecule has 0 N–H and O–H groups in total. The molecular weight excluding hydrogens is 205 g/mol. The third kappa shape index (κ3) is 1.85. The van der Waals surface area contributed by atoms with Crippen molar-refractivity contribution in [2.24, 2.45) is 0 Å². The fourth-order valence-corrected chi connectivity index (χ4v) is 1.64. The number of rotatable bonds is 2. The van der Waals surface area contributed by atoms with Gasteiger partial charge in [-0.05, 0) is 30.5 Å². The van der Waals surface area contributed by atoms with Gasteiger partial charge in [-0.15, -0.1) is 0 Å². The van der Waals surface area contributed by atoms with Crippen LogP contribution in [0.5, 0.6) is 0 Å². The second kappa shape index (κ2) is 4.08. The highest BCUT2D eigenvalue weighted by Crippen LogP contribution is 2.27. The number of oxazole rings is 1. The molecule has 1 aromatic carbocycles. The van der Waals surface area contributed by atoms with Gasteiger partial charge in [-0.2, -0.15) is 0 Å². The van der Waals surface area contributed by atoms with Crippen molar-refractivity contribution < 1.29 is 8.81 Å². The molecule has 1 aromatic heterocycles. The highest BCUT2D eigenvalue weighted by molar-refractivity contribution is 5.60. The maximum absolute atomic E-state index is 13.9. The summed E-state index contributed by atoms with van der Waals surface area (Å²) < 4.78 is 19.0. The third-order valence-electron chi connectivity index (χ3n) is 2.65. The molecule has 0 spiro atoms. The summed E-state index contributed by atoms with van der Waals surface area (Å²) in [5, 5.41) is 0. The number of aryl methyl sites for hydroxylation is 1. The first-order chi connectivity index (χ1) is 7.59. The van der Waals surface area contributed by atoms with Crippen molar-refractivity contribution in [3.63, 3.8) is 0 Å². The monoisotopic (exact) mass is 219 g/mol. The minimum atomic E-state index is -0.258. The molecule has 0 saturated heterocycles. The number of benzene rings is 1. The summed E-state index contributed by atoms with van der Waals surface area (Å²) in [6.07, 6.45) is 1.33. The summed E-state index contributed by atoms with van der Waals surface area (Å²) >= 11 is 0. The van der Waals surface area contributed by atoms with Crippen LogP contribution in [0.2, 0.25) is 0 Å². The van der Waals surface area contributed by atoms with E-state index in [9.17, 15) is 4.39 Å². The van der Waals surface area contributed by atoms with Crippen LogP contribution in [0, 0.1) is 12.7 Å². The number of hydrogen-bond donors (Lipinski definition) is 0. The standard InChI is InChI=1S/C13H14FNO/c1-8(2)10-4-5-11(12(14)6-10)13-9(3)15-7-16-13/h4-8H,1-3H3. The van der Waals surface area contributed by atoms with E-state index in [0.717, 1.165) is 5.56 Å². The molecule has 3 heteroatoms. The molecule has 0 atom stereocenters. The Morgan fingerprint density at radius 2 is 2.06 bits per heavy atom. The zero-order valence-electron chi connectivity index (χ0n) is 9.62. The quantitative estimate of drug-likeness (QED) is 0.765. The number of nitrogens with zero attached hydrogens (tertiary/aromatic N) is 1. The van der Waals surface area contributed by atoms with Gasteiger partial charge < -0.3 is 4.42 Å². The van der Waals surface area contributed by atoms with E-state index in [1.54, 1.807) is 19.1 Å². The van der Waals surface area contributed by atoms with Crippen LogP contribution in [-0.2, 0) is 0 Å². The molecule has 2 rings (SSSR count). The summed E-state index contributed by atoms with van der Waals surface area (Å²) in [5.74, 6) is 0.568. The van der Waals surface area contributed by atoms with Crippen molar-refractivity contribution in [3.05, 3.63) is 41.7 Å². The Balaban J connectivity index is 2.48. The zero-order valence-corrected chi connectivity index (χ0v) is 9.62. The second-order valence-corrected chi connectivity index (χ2v) is 4.16. The average molecular weight is 219 g/mol. The Kier molecular flexibility index (Phi) is 2.77. The van der Waals surface area contributed by atoms with E-state index >= 15 is 0 Å². The Morgan fingerprint density at radius 3 is 2.56 bits per heavy atom. The van der Waals surface area contributed by atoms with Crippen molar-refractivity contribution in [1.82, 2.24) is 4.98 Å². The Morgan fingerprint density at radius 1 is 1.31 bits per heavy atom. The van der Waals surface area contributed by atoms with Gasteiger partial charge in [0.1, 0.15) is 5.82 Å². The molecule has 0 amide bonds. The van der Waals surface area contributed by atoms with Gasteiger partial charge in [-0.3, -0.25) is 0 Å². The molecule has 0 bridgehead atoms. The van der Waals surface area contributed by atoms with E-state index in [-0.39, 0.29) is 5.82 Å². The molecule has 84 valence electrons. The van der Waals surface area contributed by atoms with Crippen molar-refractivity contribution in [2.75, 3.05) is 0 Å². The molecule has 16 heavy (non-hydrogen) atoms. The van der Waals surface area contributed by atoms with Crippen LogP contribution < -0.4 is 0 Å². The summed E-state index contributed by atoms with van der Waals surface area (Å²) in [5.41, 5.74) is 2.16. The highest BCUT2D eigenvalue weighted by atomic mass is 19.1. The lowest BCUT2D eigenvalue weighted by molar-refractivity contribution is 0.560. The Labute approximate surface area is 94.1 Å². The first-order valence-electron chi connectivity index (χ1n) is 5.29. The molecular formula is C13H14FNO. The molecule has 2 nitrogen and oxygen atoms in total. The van der Waals surface area contributed by atoms with Crippen molar-refractivity contribution in [2.45, 2.75) is 26.7 Å². The Bertz CT molecular complexity index is 502. The molecule has 2 aromatic rings. The molecule has 0 saturated carbocycles. The molecule has 0 radical (unpaired) electrons. The van der Waals surface area contributed by atoms with Crippen molar-refractivity contribution in [3.8, 4) is 11.3 Å². The van der Waals surface area contributed by atoms with Gasteiger partial charge in [0.25, 0.3) is 0 Å². The van der Waals surface area contributed by atoms with E-state index in [2.05, 4.69) is 4.98 Å². The molecule has 0 fully saturated rings. The molecule has 1 heterocycles. The first kappa shape index (κ1) is 10.9. The lowest BCUT2D eigenvalue weighted by Crippen LogP contribution is -1.91. The summed E-state index contributed by atoms with van der Waals surface area (Å²) in [7, 11) is 0. The summed E-state index contributed by atoms with van der Waals surface area (Å²) in [6.45, 7) is 5.87. The van der Waals surface area contributed by atoms with Gasteiger partial charge in [0.2, 0.25) is 0 Å². The number of halogens is 1. The van der Waals surface area contributed by atoms with E-state index in [1.165, 1.54) is 6.39 Å². The fraction of sp³-hybridized carbons (Fsp3) is 0.308. The van der Waals surface area contributed by atoms with Crippen LogP contribution in [0.4, 0.5) is 4.39 Å². The van der Waals surface area contributed by atoms with Gasteiger partial charge in [0.15, 0.2) is 12.2 Å². The predicted molar refractivity (Wildman–Crippen MR) is 60.7 cm³/mol. The number of hydrogen-bond acceptors (Lipinski definition) is 2. The van der Waals surface area contributed by atoms with Crippen LogP contribution in [0.1, 0.15) is 31.0 Å². The average Bonchev–Trinajstić information content (AvgIpc) is 2.64. The van der Waals surface area contributed by atoms with Crippen LogP contribution in [0.25, 0.3) is 11.3 Å². The third-order valence-corrected chi connectivity index (χ3v) is 2.65. The highest BCUT2D eigenvalue weighted by Gasteiger charge is 2.13. The Hall–Kier alpha value is -1.64. The van der Waals surface area contributed by atoms with E-state index in [0.29, 0.717) is 22.9 Å². The van der Waals surface area contributed by atoms with E-state index in [1.807, 2.05) is 19.9 Å². The smallest absolute Gasteiger partial charge is 0.181 e. The fourth-order valence-electron chi connectivity index (χ4n) is 1.64. The topological polar surface area (TPSA) is 26.0 Å². The molecule has 0 aliphatic carbocycles. The lowest BCUT2D eigenvalue weighted by atomic mass is 10.0. The SMILES string of the molecule is Cc1ncoc1-c1ccc(C(C)C)cc1F. The van der Waals surface area contributed by atoms with E-state index in [4.69, 9.17) is 4.42 Å². The molecule has 0 aliphatic rings. The van der Waals surface area contributed by atoms with Crippen LogP contribution in [0.15, 0.2) is 29.0 Å². The maximum Gasteiger partial charge on any atom is 0.181 e. The van der Waals surface area contributed by atoms with Crippen molar-refractivity contribution in [1.29, 1.82) is 0 Å².